The number of rotatable bonds is 5. The van der Waals surface area contributed by atoms with Crippen molar-refractivity contribution in [2.24, 2.45) is 0 Å². The summed E-state index contributed by atoms with van der Waals surface area (Å²) in [6.45, 7) is 0.0110. The van der Waals surface area contributed by atoms with Crippen molar-refractivity contribution in [1.82, 2.24) is 5.32 Å². The molecule has 7 heteroatoms. The SMILES string of the molecule is COC(=O)C(NC(=O)OCc1ccccc1)C(=O)Cl. The Labute approximate surface area is 114 Å². The maximum Gasteiger partial charge on any atom is 0.408 e. The molecule has 0 heterocycles. The third kappa shape index (κ3) is 4.97. The fourth-order valence-corrected chi connectivity index (χ4v) is 1.35. The van der Waals surface area contributed by atoms with E-state index in [0.717, 1.165) is 12.7 Å². The lowest BCUT2D eigenvalue weighted by Gasteiger charge is -2.12. The molecule has 0 aliphatic heterocycles. The number of carbonyl (C=O) groups excluding carboxylic acids is 3. The van der Waals surface area contributed by atoms with Gasteiger partial charge in [-0.05, 0) is 17.2 Å². The van der Waals surface area contributed by atoms with Crippen LogP contribution in [0.3, 0.4) is 0 Å². The molecule has 19 heavy (non-hydrogen) atoms. The van der Waals surface area contributed by atoms with Crippen LogP contribution < -0.4 is 5.32 Å². The van der Waals surface area contributed by atoms with Crippen molar-refractivity contribution < 1.29 is 23.9 Å². The highest BCUT2D eigenvalue weighted by Gasteiger charge is 2.28. The Balaban J connectivity index is 2.49. The number of hydrogen-bond donors (Lipinski definition) is 1. The highest BCUT2D eigenvalue weighted by molar-refractivity contribution is 6.66. The second kappa shape index (κ2) is 7.38. The summed E-state index contributed by atoms with van der Waals surface area (Å²) in [5.41, 5.74) is 0.768. The van der Waals surface area contributed by atoms with E-state index >= 15 is 0 Å². The minimum Gasteiger partial charge on any atom is -0.467 e. The Bertz CT molecular complexity index is 462. The summed E-state index contributed by atoms with van der Waals surface area (Å²) in [4.78, 5) is 33.5. The highest BCUT2D eigenvalue weighted by atomic mass is 35.5. The van der Waals surface area contributed by atoms with E-state index in [1.807, 2.05) is 11.4 Å². The summed E-state index contributed by atoms with van der Waals surface area (Å²) >= 11 is 5.17. The van der Waals surface area contributed by atoms with Crippen LogP contribution in [0.1, 0.15) is 5.56 Å². The molecule has 1 rings (SSSR count). The maximum atomic E-state index is 11.4. The predicted molar refractivity (Wildman–Crippen MR) is 66.4 cm³/mol. The topological polar surface area (TPSA) is 81.7 Å². The van der Waals surface area contributed by atoms with Gasteiger partial charge >= 0.3 is 12.1 Å². The van der Waals surface area contributed by atoms with E-state index in [1.54, 1.807) is 24.3 Å². The molecule has 1 N–H and O–H groups in total. The summed E-state index contributed by atoms with van der Waals surface area (Å²) in [6.07, 6.45) is -0.937. The molecule has 0 aromatic heterocycles. The number of esters is 1. The zero-order valence-electron chi connectivity index (χ0n) is 10.1. The van der Waals surface area contributed by atoms with E-state index in [1.165, 1.54) is 0 Å². The fourth-order valence-electron chi connectivity index (χ4n) is 1.21. The quantitative estimate of drug-likeness (QED) is 0.500. The molecule has 0 bridgehead atoms. The largest absolute Gasteiger partial charge is 0.467 e. The van der Waals surface area contributed by atoms with E-state index in [0.29, 0.717) is 0 Å². The second-order valence-electron chi connectivity index (χ2n) is 3.47. The molecule has 0 radical (unpaired) electrons. The molecule has 0 saturated heterocycles. The Hall–Kier alpha value is -2.08. The number of nitrogens with one attached hydrogen (secondary N) is 1. The summed E-state index contributed by atoms with van der Waals surface area (Å²) in [6, 6.07) is 7.35. The Kier molecular flexibility index (Phi) is 5.81. The van der Waals surface area contributed by atoms with Crippen molar-refractivity contribution in [3.05, 3.63) is 35.9 Å². The minimum atomic E-state index is -1.57. The molecule has 1 aromatic carbocycles. The zero-order valence-corrected chi connectivity index (χ0v) is 10.8. The van der Waals surface area contributed by atoms with Gasteiger partial charge in [-0.1, -0.05) is 30.3 Å². The van der Waals surface area contributed by atoms with Gasteiger partial charge in [-0.25, -0.2) is 9.59 Å². The standard InChI is InChI=1S/C12H12ClNO5/c1-18-11(16)9(10(13)15)14-12(17)19-7-8-5-3-2-4-6-8/h2-6,9H,7H2,1H3,(H,14,17). The number of hydrogen-bond acceptors (Lipinski definition) is 5. The van der Waals surface area contributed by atoms with Crippen molar-refractivity contribution >= 4 is 28.9 Å². The van der Waals surface area contributed by atoms with Gasteiger partial charge in [0.1, 0.15) is 6.61 Å². The number of halogens is 1. The average molecular weight is 286 g/mol. The van der Waals surface area contributed by atoms with Gasteiger partial charge in [0.15, 0.2) is 0 Å². The van der Waals surface area contributed by atoms with Gasteiger partial charge in [-0.3, -0.25) is 4.79 Å². The number of ether oxygens (including phenoxy) is 2. The molecular formula is C12H12ClNO5. The van der Waals surface area contributed by atoms with Gasteiger partial charge in [0.05, 0.1) is 7.11 Å². The lowest BCUT2D eigenvalue weighted by atomic mass is 10.2. The molecule has 1 aromatic rings. The molecule has 0 aliphatic rings. The molecule has 1 amide bonds. The van der Waals surface area contributed by atoms with Crippen LogP contribution in [0.5, 0.6) is 0 Å². The van der Waals surface area contributed by atoms with E-state index in [9.17, 15) is 14.4 Å². The number of carbonyl (C=O) groups is 3. The first kappa shape index (κ1) is 15.0. The smallest absolute Gasteiger partial charge is 0.408 e. The van der Waals surface area contributed by atoms with Gasteiger partial charge in [0, 0.05) is 0 Å². The monoisotopic (exact) mass is 285 g/mol. The van der Waals surface area contributed by atoms with E-state index in [4.69, 9.17) is 16.3 Å². The van der Waals surface area contributed by atoms with Crippen molar-refractivity contribution in [3.63, 3.8) is 0 Å². The van der Waals surface area contributed by atoms with Crippen molar-refractivity contribution in [2.45, 2.75) is 12.6 Å². The maximum absolute atomic E-state index is 11.4. The zero-order chi connectivity index (χ0) is 14.3. The molecule has 0 saturated carbocycles. The normalized spacial score (nSPS) is 11.3. The van der Waals surface area contributed by atoms with Crippen LogP contribution in [0.15, 0.2) is 30.3 Å². The van der Waals surface area contributed by atoms with Gasteiger partial charge in [0.2, 0.25) is 6.04 Å². The third-order valence-corrected chi connectivity index (χ3v) is 2.36. The van der Waals surface area contributed by atoms with Gasteiger partial charge < -0.3 is 14.8 Å². The number of methoxy groups -OCH3 is 1. The Morgan fingerprint density at radius 3 is 2.42 bits per heavy atom. The van der Waals surface area contributed by atoms with E-state index in [2.05, 4.69) is 4.74 Å². The fraction of sp³-hybridized carbons (Fsp3) is 0.250. The number of amides is 1. The molecule has 0 aliphatic carbocycles. The van der Waals surface area contributed by atoms with Gasteiger partial charge in [-0.2, -0.15) is 0 Å². The van der Waals surface area contributed by atoms with Crippen LogP contribution in [0, 0.1) is 0 Å². The lowest BCUT2D eigenvalue weighted by Crippen LogP contribution is -2.45. The minimum absolute atomic E-state index is 0.0110. The van der Waals surface area contributed by atoms with Crippen LogP contribution in [0.4, 0.5) is 4.79 Å². The molecule has 6 nitrogen and oxygen atoms in total. The average Bonchev–Trinajstić information content (AvgIpc) is 2.42. The first-order chi connectivity index (χ1) is 9.04. The van der Waals surface area contributed by atoms with E-state index in [-0.39, 0.29) is 6.61 Å². The Morgan fingerprint density at radius 1 is 1.26 bits per heavy atom. The van der Waals surface area contributed by atoms with Crippen molar-refractivity contribution in [3.8, 4) is 0 Å². The summed E-state index contributed by atoms with van der Waals surface area (Å²) in [7, 11) is 1.08. The molecule has 1 unspecified atom stereocenters. The van der Waals surface area contributed by atoms with Crippen LogP contribution in [-0.4, -0.2) is 30.5 Å². The van der Waals surface area contributed by atoms with Crippen LogP contribution >= 0.6 is 11.6 Å². The molecule has 102 valence electrons. The van der Waals surface area contributed by atoms with Gasteiger partial charge in [0.25, 0.3) is 5.24 Å². The first-order valence-electron chi connectivity index (χ1n) is 5.29. The van der Waals surface area contributed by atoms with Gasteiger partial charge in [-0.15, -0.1) is 0 Å². The van der Waals surface area contributed by atoms with E-state index < -0.39 is 23.3 Å². The summed E-state index contributed by atoms with van der Waals surface area (Å²) in [5, 5.41) is 0.968. The van der Waals surface area contributed by atoms with Crippen molar-refractivity contribution in [1.29, 1.82) is 0 Å². The molecular weight excluding hydrogens is 274 g/mol. The summed E-state index contributed by atoms with van der Waals surface area (Å²) < 4.78 is 9.16. The lowest BCUT2D eigenvalue weighted by molar-refractivity contribution is -0.144. The van der Waals surface area contributed by atoms with Crippen LogP contribution in [-0.2, 0) is 25.7 Å². The second-order valence-corrected chi connectivity index (χ2v) is 3.84. The number of alkyl carbamates (subject to hydrolysis) is 1. The Morgan fingerprint density at radius 2 is 1.89 bits per heavy atom. The number of benzene rings is 1. The third-order valence-electron chi connectivity index (χ3n) is 2.14. The summed E-state index contributed by atoms with van der Waals surface area (Å²) in [5.74, 6) is -0.961. The van der Waals surface area contributed by atoms with Crippen LogP contribution in [0.2, 0.25) is 0 Å². The van der Waals surface area contributed by atoms with Crippen LogP contribution in [0.25, 0.3) is 0 Å². The first-order valence-corrected chi connectivity index (χ1v) is 5.66. The predicted octanol–water partition coefficient (Wildman–Crippen LogP) is 1.22. The molecule has 1 atom stereocenters. The molecule has 0 fully saturated rings. The van der Waals surface area contributed by atoms with Crippen molar-refractivity contribution in [2.75, 3.05) is 7.11 Å². The molecule has 0 spiro atoms. The highest BCUT2D eigenvalue weighted by Crippen LogP contribution is 2.01.